The Balaban J connectivity index is 2.69. The van der Waals surface area contributed by atoms with E-state index >= 15 is 0 Å². The van der Waals surface area contributed by atoms with Crippen LogP contribution in [-0.2, 0) is 16.0 Å². The van der Waals surface area contributed by atoms with E-state index < -0.39 is 6.43 Å². The van der Waals surface area contributed by atoms with Gasteiger partial charge in [-0.25, -0.2) is 8.78 Å². The summed E-state index contributed by atoms with van der Waals surface area (Å²) in [6, 6.07) is 4.49. The maximum atomic E-state index is 12.5. The summed E-state index contributed by atoms with van der Waals surface area (Å²) in [6.45, 7) is 2.08. The highest BCUT2D eigenvalue weighted by molar-refractivity contribution is 14.1. The topological polar surface area (TPSA) is 26.3 Å². The number of hydrogen-bond acceptors (Lipinski definition) is 2. The van der Waals surface area contributed by atoms with E-state index in [1.807, 2.05) is 0 Å². The minimum absolute atomic E-state index is 0.00993. The number of benzene rings is 1. The second kappa shape index (κ2) is 6.88. The Labute approximate surface area is 112 Å². The van der Waals surface area contributed by atoms with Crippen LogP contribution in [0.2, 0.25) is 0 Å². The zero-order valence-corrected chi connectivity index (χ0v) is 11.5. The van der Waals surface area contributed by atoms with Crippen molar-refractivity contribution in [1.29, 1.82) is 0 Å². The van der Waals surface area contributed by atoms with Gasteiger partial charge >= 0.3 is 5.97 Å². The second-order valence-electron chi connectivity index (χ2n) is 3.46. The molecule has 2 nitrogen and oxygen atoms in total. The molecule has 0 spiro atoms. The minimum Gasteiger partial charge on any atom is -0.466 e. The van der Waals surface area contributed by atoms with Crippen LogP contribution in [0.1, 0.15) is 30.9 Å². The highest BCUT2D eigenvalue weighted by atomic mass is 127. The van der Waals surface area contributed by atoms with Gasteiger partial charge in [0.15, 0.2) is 0 Å². The smallest absolute Gasteiger partial charge is 0.306 e. The van der Waals surface area contributed by atoms with Crippen molar-refractivity contribution >= 4 is 28.6 Å². The zero-order valence-electron chi connectivity index (χ0n) is 9.38. The lowest BCUT2D eigenvalue weighted by Gasteiger charge is -2.07. The summed E-state index contributed by atoms with van der Waals surface area (Å²) in [6.07, 6.45) is -1.83. The quantitative estimate of drug-likeness (QED) is 0.595. The molecule has 0 bridgehead atoms. The summed E-state index contributed by atoms with van der Waals surface area (Å²) in [5.41, 5.74) is 0.751. The van der Waals surface area contributed by atoms with Crippen LogP contribution in [0.15, 0.2) is 18.2 Å². The number of carbonyl (C=O) groups excluding carboxylic acids is 1. The molecule has 0 fully saturated rings. The lowest BCUT2D eigenvalue weighted by molar-refractivity contribution is -0.143. The summed E-state index contributed by atoms with van der Waals surface area (Å²) in [5, 5.41) is 0. The number of aryl methyl sites for hydroxylation is 1. The maximum Gasteiger partial charge on any atom is 0.306 e. The number of esters is 1. The van der Waals surface area contributed by atoms with Crippen molar-refractivity contribution in [2.45, 2.75) is 26.2 Å². The van der Waals surface area contributed by atoms with Crippen molar-refractivity contribution in [3.63, 3.8) is 0 Å². The van der Waals surface area contributed by atoms with Crippen molar-refractivity contribution in [3.05, 3.63) is 32.9 Å². The fraction of sp³-hybridized carbons (Fsp3) is 0.417. The molecule has 17 heavy (non-hydrogen) atoms. The van der Waals surface area contributed by atoms with Gasteiger partial charge in [-0.1, -0.05) is 6.07 Å². The van der Waals surface area contributed by atoms with Gasteiger partial charge in [0.2, 0.25) is 0 Å². The standard InChI is InChI=1S/C12H13F2IO2/c1-2-17-11(16)6-4-8-7-9(12(13)14)3-5-10(8)15/h3,5,7,12H,2,4,6H2,1H3. The van der Waals surface area contributed by atoms with E-state index in [0.717, 1.165) is 9.13 Å². The first-order valence-electron chi connectivity index (χ1n) is 5.26. The molecule has 0 aromatic heterocycles. The third-order valence-electron chi connectivity index (χ3n) is 2.23. The Morgan fingerprint density at radius 1 is 1.47 bits per heavy atom. The summed E-state index contributed by atoms with van der Waals surface area (Å²) in [7, 11) is 0. The van der Waals surface area contributed by atoms with Crippen molar-refractivity contribution in [1.82, 2.24) is 0 Å². The van der Waals surface area contributed by atoms with E-state index in [1.165, 1.54) is 12.1 Å². The van der Waals surface area contributed by atoms with Gasteiger partial charge in [-0.3, -0.25) is 4.79 Å². The average Bonchev–Trinajstić information content (AvgIpc) is 2.28. The summed E-state index contributed by atoms with van der Waals surface area (Å²) < 4.78 is 30.7. The first-order chi connectivity index (χ1) is 8.04. The van der Waals surface area contributed by atoms with Crippen LogP contribution in [0.4, 0.5) is 8.78 Å². The number of carbonyl (C=O) groups is 1. The number of alkyl halides is 2. The van der Waals surface area contributed by atoms with E-state index in [4.69, 9.17) is 4.74 Å². The van der Waals surface area contributed by atoms with E-state index in [1.54, 1.807) is 13.0 Å². The molecule has 5 heteroatoms. The Bertz CT molecular complexity index is 394. The molecule has 0 saturated carbocycles. The van der Waals surface area contributed by atoms with Gasteiger partial charge < -0.3 is 4.74 Å². The minimum atomic E-state index is -2.48. The van der Waals surface area contributed by atoms with E-state index in [9.17, 15) is 13.6 Å². The van der Waals surface area contributed by atoms with E-state index in [0.29, 0.717) is 13.0 Å². The van der Waals surface area contributed by atoms with Gasteiger partial charge in [0.1, 0.15) is 0 Å². The molecule has 0 amide bonds. The van der Waals surface area contributed by atoms with Gasteiger partial charge in [-0.2, -0.15) is 0 Å². The molecule has 94 valence electrons. The van der Waals surface area contributed by atoms with E-state index in [-0.39, 0.29) is 18.0 Å². The molecule has 0 radical (unpaired) electrons. The monoisotopic (exact) mass is 354 g/mol. The average molecular weight is 354 g/mol. The predicted molar refractivity (Wildman–Crippen MR) is 69.1 cm³/mol. The van der Waals surface area contributed by atoms with Crippen LogP contribution < -0.4 is 0 Å². The Hall–Kier alpha value is -0.720. The Morgan fingerprint density at radius 2 is 2.18 bits per heavy atom. The fourth-order valence-electron chi connectivity index (χ4n) is 1.39. The Kier molecular flexibility index (Phi) is 5.80. The molecule has 0 aliphatic heterocycles. The van der Waals surface area contributed by atoms with Crippen molar-refractivity contribution in [2.24, 2.45) is 0 Å². The van der Waals surface area contributed by atoms with Gasteiger partial charge in [0.25, 0.3) is 6.43 Å². The number of hydrogen-bond donors (Lipinski definition) is 0. The number of ether oxygens (including phenoxy) is 1. The SMILES string of the molecule is CCOC(=O)CCc1cc(C(F)F)ccc1I. The molecule has 1 aromatic carbocycles. The molecule has 0 aliphatic rings. The van der Waals surface area contributed by atoms with Crippen molar-refractivity contribution in [3.8, 4) is 0 Å². The lowest BCUT2D eigenvalue weighted by Crippen LogP contribution is -2.06. The third kappa shape index (κ3) is 4.57. The van der Waals surface area contributed by atoms with Gasteiger partial charge in [0, 0.05) is 15.6 Å². The van der Waals surface area contributed by atoms with Gasteiger partial charge in [-0.15, -0.1) is 0 Å². The van der Waals surface area contributed by atoms with Crippen molar-refractivity contribution < 1.29 is 18.3 Å². The summed E-state index contributed by atoms with van der Waals surface area (Å²) >= 11 is 2.07. The van der Waals surface area contributed by atoms with Crippen LogP contribution in [0.5, 0.6) is 0 Å². The number of rotatable bonds is 5. The number of halogens is 3. The molecule has 0 unspecified atom stereocenters. The zero-order chi connectivity index (χ0) is 12.8. The lowest BCUT2D eigenvalue weighted by atomic mass is 10.1. The van der Waals surface area contributed by atoms with E-state index in [2.05, 4.69) is 22.6 Å². The molecule has 0 heterocycles. The second-order valence-corrected chi connectivity index (χ2v) is 4.62. The largest absolute Gasteiger partial charge is 0.466 e. The maximum absolute atomic E-state index is 12.5. The molecule has 0 saturated heterocycles. The Morgan fingerprint density at radius 3 is 2.76 bits per heavy atom. The van der Waals surface area contributed by atoms with Crippen molar-refractivity contribution in [2.75, 3.05) is 6.61 Å². The molecule has 1 aromatic rings. The normalized spacial score (nSPS) is 10.6. The summed E-state index contributed by atoms with van der Waals surface area (Å²) in [4.78, 5) is 11.2. The summed E-state index contributed by atoms with van der Waals surface area (Å²) in [5.74, 6) is -0.300. The predicted octanol–water partition coefficient (Wildman–Crippen LogP) is 3.72. The van der Waals surface area contributed by atoms with Gasteiger partial charge in [0.05, 0.1) is 6.61 Å². The molecule has 0 N–H and O–H groups in total. The van der Waals surface area contributed by atoms with Crippen LogP contribution in [0, 0.1) is 3.57 Å². The fourth-order valence-corrected chi connectivity index (χ4v) is 2.00. The molecular weight excluding hydrogens is 341 g/mol. The van der Waals surface area contributed by atoms with Gasteiger partial charge in [-0.05, 0) is 53.6 Å². The third-order valence-corrected chi connectivity index (χ3v) is 3.28. The highest BCUT2D eigenvalue weighted by Gasteiger charge is 2.11. The molecular formula is C12H13F2IO2. The van der Waals surface area contributed by atoms with Crippen LogP contribution in [-0.4, -0.2) is 12.6 Å². The molecule has 0 aliphatic carbocycles. The molecule has 0 atom stereocenters. The van der Waals surface area contributed by atoms with Crippen LogP contribution >= 0.6 is 22.6 Å². The van der Waals surface area contributed by atoms with Crippen LogP contribution in [0.3, 0.4) is 0 Å². The molecule has 1 rings (SSSR count). The first kappa shape index (κ1) is 14.3. The highest BCUT2D eigenvalue weighted by Crippen LogP contribution is 2.23. The first-order valence-corrected chi connectivity index (χ1v) is 6.34. The van der Waals surface area contributed by atoms with Crippen LogP contribution in [0.25, 0.3) is 0 Å².